The summed E-state index contributed by atoms with van der Waals surface area (Å²) in [4.78, 5) is 27.8. The molecule has 1 aliphatic rings. The SMILES string of the molecule is CC(C)(C)OC(=O)N1C[C@@H](n2cc(-c3ccc4c(N)n[nH]c4c3)nn2)C[C@H]1C(=O)Nc1ccc(Br)cc1. The molecule has 2 aromatic heterocycles. The normalized spacial score (nSPS) is 17.8. The van der Waals surface area contributed by atoms with E-state index >= 15 is 0 Å². The van der Waals surface area contributed by atoms with Crippen molar-refractivity contribution in [3.05, 3.63) is 53.1 Å². The first-order chi connectivity index (χ1) is 17.6. The Hall–Kier alpha value is -3.93. The summed E-state index contributed by atoms with van der Waals surface area (Å²) in [5.74, 6) is 0.143. The molecule has 0 unspecified atom stereocenters. The average Bonchev–Trinajstić information content (AvgIpc) is 3.58. The van der Waals surface area contributed by atoms with E-state index in [2.05, 4.69) is 41.8 Å². The van der Waals surface area contributed by atoms with Gasteiger partial charge >= 0.3 is 6.09 Å². The van der Waals surface area contributed by atoms with Crippen LogP contribution < -0.4 is 11.1 Å². The molecule has 1 aliphatic heterocycles. The lowest BCUT2D eigenvalue weighted by atomic mass is 10.1. The van der Waals surface area contributed by atoms with Crippen molar-refractivity contribution in [2.45, 2.75) is 44.9 Å². The van der Waals surface area contributed by atoms with Gasteiger partial charge in [-0.2, -0.15) is 5.10 Å². The average molecular weight is 567 g/mol. The Balaban J connectivity index is 1.38. The number of rotatable bonds is 4. The summed E-state index contributed by atoms with van der Waals surface area (Å²) in [6.45, 7) is 5.64. The zero-order valence-electron chi connectivity index (χ0n) is 20.6. The topological polar surface area (TPSA) is 144 Å². The zero-order valence-corrected chi connectivity index (χ0v) is 22.2. The number of hydrogen-bond donors (Lipinski definition) is 3. The fourth-order valence-electron chi connectivity index (χ4n) is 4.32. The van der Waals surface area contributed by atoms with Crippen molar-refractivity contribution in [1.82, 2.24) is 30.1 Å². The maximum atomic E-state index is 13.3. The summed E-state index contributed by atoms with van der Waals surface area (Å²) in [6.07, 6.45) is 1.63. The number of nitrogens with zero attached hydrogens (tertiary/aromatic N) is 5. The molecule has 0 aliphatic carbocycles. The number of anilines is 2. The van der Waals surface area contributed by atoms with Gasteiger partial charge in [-0.25, -0.2) is 9.48 Å². The van der Waals surface area contributed by atoms with Crippen molar-refractivity contribution >= 4 is 50.3 Å². The number of aromatic amines is 1. The van der Waals surface area contributed by atoms with Crippen LogP contribution in [0.4, 0.5) is 16.3 Å². The van der Waals surface area contributed by atoms with Crippen LogP contribution in [-0.2, 0) is 9.53 Å². The summed E-state index contributed by atoms with van der Waals surface area (Å²) in [7, 11) is 0. The molecule has 2 atom stereocenters. The van der Waals surface area contributed by atoms with Gasteiger partial charge in [-0.15, -0.1) is 5.10 Å². The van der Waals surface area contributed by atoms with Crippen LogP contribution in [0.2, 0.25) is 0 Å². The van der Waals surface area contributed by atoms with Crippen LogP contribution in [0.1, 0.15) is 33.2 Å². The summed E-state index contributed by atoms with van der Waals surface area (Å²) in [5, 5.41) is 19.3. The second kappa shape index (κ2) is 9.51. The van der Waals surface area contributed by atoms with E-state index < -0.39 is 17.7 Å². The lowest BCUT2D eigenvalue weighted by Crippen LogP contribution is -2.45. The van der Waals surface area contributed by atoms with Gasteiger partial charge in [0.1, 0.15) is 17.3 Å². The second-order valence-corrected chi connectivity index (χ2v) is 10.9. The molecule has 11 nitrogen and oxygen atoms in total. The Morgan fingerprint density at radius 3 is 2.68 bits per heavy atom. The molecule has 4 aromatic rings. The van der Waals surface area contributed by atoms with Crippen LogP contribution >= 0.6 is 15.9 Å². The number of nitrogen functional groups attached to an aromatic ring is 1. The fourth-order valence-corrected chi connectivity index (χ4v) is 4.59. The highest BCUT2D eigenvalue weighted by atomic mass is 79.9. The molecule has 2 aromatic carbocycles. The molecule has 0 bridgehead atoms. The van der Waals surface area contributed by atoms with E-state index in [1.165, 1.54) is 4.90 Å². The van der Waals surface area contributed by atoms with E-state index in [1.54, 1.807) is 37.6 Å². The van der Waals surface area contributed by atoms with E-state index in [1.807, 2.05) is 36.5 Å². The number of fused-ring (bicyclic) bond motifs is 1. The third-order valence-corrected chi connectivity index (χ3v) is 6.62. The minimum absolute atomic E-state index is 0.256. The Morgan fingerprint density at radius 2 is 1.95 bits per heavy atom. The first kappa shape index (κ1) is 24.8. The predicted molar refractivity (Wildman–Crippen MR) is 143 cm³/mol. The fraction of sp³-hybridized carbons (Fsp3) is 0.320. The van der Waals surface area contributed by atoms with E-state index in [0.717, 1.165) is 20.9 Å². The van der Waals surface area contributed by atoms with Gasteiger partial charge < -0.3 is 15.8 Å². The molecule has 0 spiro atoms. The molecule has 1 saturated heterocycles. The van der Waals surface area contributed by atoms with Crippen molar-refractivity contribution < 1.29 is 14.3 Å². The summed E-state index contributed by atoms with van der Waals surface area (Å²) >= 11 is 3.39. The largest absolute Gasteiger partial charge is 0.444 e. The number of aromatic nitrogens is 5. The summed E-state index contributed by atoms with van der Waals surface area (Å²) in [6, 6.07) is 11.9. The van der Waals surface area contributed by atoms with Crippen LogP contribution in [0.25, 0.3) is 22.2 Å². The third kappa shape index (κ3) is 5.29. The molecule has 1 fully saturated rings. The number of amides is 2. The van der Waals surface area contributed by atoms with Crippen LogP contribution in [-0.4, -0.2) is 60.3 Å². The van der Waals surface area contributed by atoms with E-state index in [4.69, 9.17) is 10.5 Å². The number of ether oxygens (including phenoxy) is 1. The Morgan fingerprint density at radius 1 is 1.19 bits per heavy atom. The van der Waals surface area contributed by atoms with Gasteiger partial charge in [-0.05, 0) is 57.2 Å². The van der Waals surface area contributed by atoms with Gasteiger partial charge in [-0.1, -0.05) is 27.2 Å². The molecule has 0 radical (unpaired) electrons. The monoisotopic (exact) mass is 566 g/mol. The molecule has 12 heteroatoms. The number of carbonyl (C=O) groups is 2. The predicted octanol–water partition coefficient (Wildman–Crippen LogP) is 4.36. The van der Waals surface area contributed by atoms with E-state index in [0.29, 0.717) is 23.6 Å². The smallest absolute Gasteiger partial charge is 0.411 e. The number of likely N-dealkylation sites (tertiary alicyclic amines) is 1. The Labute approximate surface area is 221 Å². The zero-order chi connectivity index (χ0) is 26.3. The lowest BCUT2D eigenvalue weighted by molar-refractivity contribution is -0.120. The van der Waals surface area contributed by atoms with Gasteiger partial charge in [-0.3, -0.25) is 14.8 Å². The van der Waals surface area contributed by atoms with Gasteiger partial charge in [0.05, 0.1) is 17.8 Å². The van der Waals surface area contributed by atoms with Gasteiger partial charge in [0.25, 0.3) is 0 Å². The van der Waals surface area contributed by atoms with Gasteiger partial charge in [0, 0.05) is 34.1 Å². The maximum Gasteiger partial charge on any atom is 0.411 e. The van der Waals surface area contributed by atoms with E-state index in [-0.39, 0.29) is 18.5 Å². The standard InChI is InChI=1S/C25H27BrN8O3/c1-25(2,3)37-24(36)33-12-17(11-21(33)23(35)28-16-7-5-15(26)6-8-16)34-13-20(30-32-34)14-4-9-18-19(10-14)29-31-22(18)27/h4-10,13,17,21H,11-12H2,1-3H3,(H,28,35)(H3,27,29,31)/t17-,21-/m0/s1. The van der Waals surface area contributed by atoms with Crippen LogP contribution in [0.5, 0.6) is 0 Å². The first-order valence-electron chi connectivity index (χ1n) is 11.8. The number of H-pyrrole nitrogens is 1. The van der Waals surface area contributed by atoms with Crippen molar-refractivity contribution in [2.24, 2.45) is 0 Å². The molecular weight excluding hydrogens is 540 g/mol. The number of hydrogen-bond acceptors (Lipinski definition) is 7. The van der Waals surface area contributed by atoms with Crippen molar-refractivity contribution in [3.63, 3.8) is 0 Å². The minimum Gasteiger partial charge on any atom is -0.444 e. The second-order valence-electron chi connectivity index (χ2n) is 9.99. The molecule has 5 rings (SSSR count). The van der Waals surface area contributed by atoms with Crippen LogP contribution in [0, 0.1) is 0 Å². The first-order valence-corrected chi connectivity index (χ1v) is 12.6. The molecule has 0 saturated carbocycles. The summed E-state index contributed by atoms with van der Waals surface area (Å²) < 4.78 is 8.21. The quantitative estimate of drug-likeness (QED) is 0.333. The van der Waals surface area contributed by atoms with Gasteiger partial charge in [0.15, 0.2) is 5.82 Å². The maximum absolute atomic E-state index is 13.3. The van der Waals surface area contributed by atoms with Crippen molar-refractivity contribution in [1.29, 1.82) is 0 Å². The Kier molecular flexibility index (Phi) is 6.36. The van der Waals surface area contributed by atoms with Crippen LogP contribution in [0.3, 0.4) is 0 Å². The number of nitrogens with one attached hydrogen (secondary N) is 2. The van der Waals surface area contributed by atoms with Crippen LogP contribution in [0.15, 0.2) is 53.1 Å². The minimum atomic E-state index is -0.736. The highest BCUT2D eigenvalue weighted by Crippen LogP contribution is 2.31. The molecule has 2 amide bonds. The molecule has 192 valence electrons. The molecule has 4 N–H and O–H groups in total. The number of benzene rings is 2. The third-order valence-electron chi connectivity index (χ3n) is 6.09. The molecular formula is C25H27BrN8O3. The van der Waals surface area contributed by atoms with E-state index in [9.17, 15) is 9.59 Å². The Bertz CT molecular complexity index is 1460. The highest BCUT2D eigenvalue weighted by molar-refractivity contribution is 9.10. The number of halogens is 1. The van der Waals surface area contributed by atoms with Crippen molar-refractivity contribution in [2.75, 3.05) is 17.6 Å². The molecule has 3 heterocycles. The molecule has 37 heavy (non-hydrogen) atoms. The highest BCUT2D eigenvalue weighted by Gasteiger charge is 2.42. The number of nitrogens with two attached hydrogens (primary N) is 1. The lowest BCUT2D eigenvalue weighted by Gasteiger charge is -2.27. The van der Waals surface area contributed by atoms with Gasteiger partial charge in [0.2, 0.25) is 5.91 Å². The number of carbonyl (C=O) groups excluding carboxylic acids is 2. The van der Waals surface area contributed by atoms with Crippen molar-refractivity contribution in [3.8, 4) is 11.3 Å². The summed E-state index contributed by atoms with van der Waals surface area (Å²) in [5.41, 5.74) is 8.10.